The van der Waals surface area contributed by atoms with Gasteiger partial charge in [0.25, 0.3) is 5.91 Å². The SMILES string of the molecule is CCCCn1cnc(C(N)=O)c1N. The van der Waals surface area contributed by atoms with E-state index in [0.717, 1.165) is 19.4 Å². The fourth-order valence-electron chi connectivity index (χ4n) is 1.09. The molecule has 0 radical (unpaired) electrons. The molecule has 0 bridgehead atoms. The Morgan fingerprint density at radius 3 is 2.85 bits per heavy atom. The van der Waals surface area contributed by atoms with Crippen molar-refractivity contribution >= 4 is 11.7 Å². The first kappa shape index (κ1) is 9.57. The number of carbonyl (C=O) groups excluding carboxylic acids is 1. The minimum atomic E-state index is -0.576. The number of unbranched alkanes of at least 4 members (excludes halogenated alkanes) is 1. The zero-order valence-electron chi connectivity index (χ0n) is 7.66. The van der Waals surface area contributed by atoms with E-state index in [9.17, 15) is 4.79 Å². The lowest BCUT2D eigenvalue weighted by atomic mass is 10.3. The largest absolute Gasteiger partial charge is 0.383 e. The summed E-state index contributed by atoms with van der Waals surface area (Å²) < 4.78 is 1.74. The molecule has 1 rings (SSSR count). The van der Waals surface area contributed by atoms with Gasteiger partial charge in [0.1, 0.15) is 5.82 Å². The highest BCUT2D eigenvalue weighted by Crippen LogP contribution is 2.09. The first-order valence-electron chi connectivity index (χ1n) is 4.27. The normalized spacial score (nSPS) is 10.2. The first-order valence-corrected chi connectivity index (χ1v) is 4.27. The summed E-state index contributed by atoms with van der Waals surface area (Å²) in [4.78, 5) is 14.6. The molecule has 0 saturated carbocycles. The number of primary amides is 1. The van der Waals surface area contributed by atoms with Crippen LogP contribution < -0.4 is 11.5 Å². The molecule has 0 atom stereocenters. The maximum absolute atomic E-state index is 10.8. The Hall–Kier alpha value is -1.52. The monoisotopic (exact) mass is 182 g/mol. The number of hydrogen-bond acceptors (Lipinski definition) is 3. The summed E-state index contributed by atoms with van der Waals surface area (Å²) in [5.74, 6) is -0.214. The van der Waals surface area contributed by atoms with E-state index in [0.29, 0.717) is 5.82 Å². The van der Waals surface area contributed by atoms with Crippen molar-refractivity contribution in [2.75, 3.05) is 5.73 Å². The van der Waals surface area contributed by atoms with Crippen LogP contribution in [0.2, 0.25) is 0 Å². The number of nitrogens with zero attached hydrogens (tertiary/aromatic N) is 2. The minimum absolute atomic E-state index is 0.163. The van der Waals surface area contributed by atoms with Crippen LogP contribution in [0.25, 0.3) is 0 Å². The third kappa shape index (κ3) is 1.99. The summed E-state index contributed by atoms with van der Waals surface area (Å²) in [6, 6.07) is 0. The minimum Gasteiger partial charge on any atom is -0.383 e. The topological polar surface area (TPSA) is 86.9 Å². The number of aryl methyl sites for hydroxylation is 1. The summed E-state index contributed by atoms with van der Waals surface area (Å²) in [5.41, 5.74) is 10.9. The Morgan fingerprint density at radius 2 is 2.38 bits per heavy atom. The predicted molar refractivity (Wildman–Crippen MR) is 50.1 cm³/mol. The van der Waals surface area contributed by atoms with Crippen LogP contribution in [-0.4, -0.2) is 15.5 Å². The maximum atomic E-state index is 10.8. The fourth-order valence-corrected chi connectivity index (χ4v) is 1.09. The van der Waals surface area contributed by atoms with Crippen LogP contribution in [0.1, 0.15) is 30.3 Å². The molecule has 0 spiro atoms. The number of aromatic nitrogens is 2. The molecule has 4 N–H and O–H groups in total. The van der Waals surface area contributed by atoms with Crippen LogP contribution in [0.15, 0.2) is 6.33 Å². The summed E-state index contributed by atoms with van der Waals surface area (Å²) >= 11 is 0. The zero-order valence-corrected chi connectivity index (χ0v) is 7.66. The average molecular weight is 182 g/mol. The number of imidazole rings is 1. The molecule has 0 aliphatic heterocycles. The molecule has 0 aliphatic rings. The van der Waals surface area contributed by atoms with Gasteiger partial charge in [-0.2, -0.15) is 0 Å². The molecule has 1 amide bonds. The standard InChI is InChI=1S/C8H14N4O/c1-2-3-4-12-5-11-6(7(12)9)8(10)13/h5H,2-4,9H2,1H3,(H2,10,13). The van der Waals surface area contributed by atoms with Crippen LogP contribution in [-0.2, 0) is 6.54 Å². The summed E-state index contributed by atoms with van der Waals surface area (Å²) in [7, 11) is 0. The van der Waals surface area contributed by atoms with Gasteiger partial charge in [-0.05, 0) is 6.42 Å². The molecule has 13 heavy (non-hydrogen) atoms. The zero-order chi connectivity index (χ0) is 9.84. The molecule has 0 fully saturated rings. The first-order chi connectivity index (χ1) is 6.16. The number of nitrogens with two attached hydrogens (primary N) is 2. The molecule has 0 saturated heterocycles. The summed E-state index contributed by atoms with van der Waals surface area (Å²) in [6.07, 6.45) is 3.63. The molecular formula is C8H14N4O. The fraction of sp³-hybridized carbons (Fsp3) is 0.500. The van der Waals surface area contributed by atoms with E-state index < -0.39 is 5.91 Å². The highest BCUT2D eigenvalue weighted by Gasteiger charge is 2.11. The van der Waals surface area contributed by atoms with Crippen molar-refractivity contribution in [1.29, 1.82) is 0 Å². The van der Waals surface area contributed by atoms with E-state index >= 15 is 0 Å². The molecule has 1 aromatic heterocycles. The Bertz CT molecular complexity index is 305. The van der Waals surface area contributed by atoms with Gasteiger partial charge < -0.3 is 16.0 Å². The molecule has 0 unspecified atom stereocenters. The van der Waals surface area contributed by atoms with E-state index in [1.54, 1.807) is 10.9 Å². The van der Waals surface area contributed by atoms with Gasteiger partial charge in [-0.25, -0.2) is 4.98 Å². The number of anilines is 1. The molecule has 1 aromatic rings. The second-order valence-corrected chi connectivity index (χ2v) is 2.89. The summed E-state index contributed by atoms with van der Waals surface area (Å²) in [5, 5.41) is 0. The molecular weight excluding hydrogens is 168 g/mol. The van der Waals surface area contributed by atoms with Crippen LogP contribution in [0.4, 0.5) is 5.82 Å². The average Bonchev–Trinajstić information content (AvgIpc) is 2.43. The maximum Gasteiger partial charge on any atom is 0.271 e. The Kier molecular flexibility index (Phi) is 2.89. The molecule has 1 heterocycles. The second-order valence-electron chi connectivity index (χ2n) is 2.89. The highest BCUT2D eigenvalue weighted by molar-refractivity contribution is 5.95. The van der Waals surface area contributed by atoms with Crippen LogP contribution in [0.5, 0.6) is 0 Å². The van der Waals surface area contributed by atoms with Crippen molar-refractivity contribution in [2.24, 2.45) is 5.73 Å². The van der Waals surface area contributed by atoms with Crippen molar-refractivity contribution in [2.45, 2.75) is 26.3 Å². The van der Waals surface area contributed by atoms with E-state index in [2.05, 4.69) is 11.9 Å². The van der Waals surface area contributed by atoms with Gasteiger partial charge in [0.2, 0.25) is 0 Å². The van der Waals surface area contributed by atoms with Gasteiger partial charge in [-0.15, -0.1) is 0 Å². The van der Waals surface area contributed by atoms with Crippen molar-refractivity contribution in [3.63, 3.8) is 0 Å². The lowest BCUT2D eigenvalue weighted by Crippen LogP contribution is -2.14. The smallest absolute Gasteiger partial charge is 0.271 e. The molecule has 0 aliphatic carbocycles. The van der Waals surface area contributed by atoms with Gasteiger partial charge in [0, 0.05) is 6.54 Å². The van der Waals surface area contributed by atoms with Crippen molar-refractivity contribution in [3.05, 3.63) is 12.0 Å². The third-order valence-electron chi connectivity index (χ3n) is 1.86. The van der Waals surface area contributed by atoms with E-state index in [1.807, 2.05) is 0 Å². The number of hydrogen-bond donors (Lipinski definition) is 2. The predicted octanol–water partition coefficient (Wildman–Crippen LogP) is 0.364. The van der Waals surface area contributed by atoms with Crippen LogP contribution in [0.3, 0.4) is 0 Å². The second kappa shape index (κ2) is 3.93. The van der Waals surface area contributed by atoms with Gasteiger partial charge in [0.15, 0.2) is 5.69 Å². The lowest BCUT2D eigenvalue weighted by molar-refractivity contribution is 0.0997. The van der Waals surface area contributed by atoms with E-state index in [4.69, 9.17) is 11.5 Å². The number of amides is 1. The van der Waals surface area contributed by atoms with Crippen molar-refractivity contribution in [3.8, 4) is 0 Å². The number of rotatable bonds is 4. The van der Waals surface area contributed by atoms with Gasteiger partial charge in [-0.1, -0.05) is 13.3 Å². The summed E-state index contributed by atoms with van der Waals surface area (Å²) in [6.45, 7) is 2.87. The third-order valence-corrected chi connectivity index (χ3v) is 1.86. The number of nitrogen functional groups attached to an aromatic ring is 1. The van der Waals surface area contributed by atoms with Crippen molar-refractivity contribution in [1.82, 2.24) is 9.55 Å². The molecule has 5 heteroatoms. The van der Waals surface area contributed by atoms with Gasteiger partial charge >= 0.3 is 0 Å². The van der Waals surface area contributed by atoms with Gasteiger partial charge in [0.05, 0.1) is 6.33 Å². The quantitative estimate of drug-likeness (QED) is 0.705. The highest BCUT2D eigenvalue weighted by atomic mass is 16.1. The van der Waals surface area contributed by atoms with Crippen molar-refractivity contribution < 1.29 is 4.79 Å². The molecule has 5 nitrogen and oxygen atoms in total. The lowest BCUT2D eigenvalue weighted by Gasteiger charge is -2.02. The van der Waals surface area contributed by atoms with E-state index in [-0.39, 0.29) is 5.69 Å². The van der Waals surface area contributed by atoms with Gasteiger partial charge in [-0.3, -0.25) is 4.79 Å². The van der Waals surface area contributed by atoms with Crippen LogP contribution in [0, 0.1) is 0 Å². The Balaban J connectivity index is 2.80. The van der Waals surface area contributed by atoms with Crippen LogP contribution >= 0.6 is 0 Å². The van der Waals surface area contributed by atoms with E-state index in [1.165, 1.54) is 0 Å². The number of carbonyl (C=O) groups is 1. The Labute approximate surface area is 76.7 Å². The molecule has 0 aromatic carbocycles. The molecule has 72 valence electrons. The Morgan fingerprint density at radius 1 is 1.69 bits per heavy atom.